The van der Waals surface area contributed by atoms with Crippen molar-refractivity contribution < 1.29 is 5.11 Å². The second kappa shape index (κ2) is 6.35. The molecular weight excluding hydrogens is 178 g/mol. The fraction of sp³-hybridized carbons (Fsp3) is 1.00. The van der Waals surface area contributed by atoms with E-state index < -0.39 is 0 Å². The molecule has 0 radical (unpaired) electrons. The molecule has 0 spiro atoms. The number of aliphatic hydroxyl groups excluding tert-OH is 1. The number of nitrogens with zero attached hydrogens (tertiary/aromatic N) is 1. The summed E-state index contributed by atoms with van der Waals surface area (Å²) >= 11 is 0. The first-order valence-electron chi connectivity index (χ1n) is 5.45. The van der Waals surface area contributed by atoms with E-state index in [2.05, 4.69) is 29.6 Å². The Bertz CT molecular complexity index is 152. The van der Waals surface area contributed by atoms with E-state index in [4.69, 9.17) is 0 Å². The molecule has 1 fully saturated rings. The van der Waals surface area contributed by atoms with Crippen LogP contribution >= 0.6 is 0 Å². The Morgan fingerprint density at radius 1 is 1.43 bits per heavy atom. The van der Waals surface area contributed by atoms with Gasteiger partial charge in [0.15, 0.2) is 0 Å². The third kappa shape index (κ3) is 4.91. The number of nitrogens with one attached hydrogen (secondary N) is 2. The van der Waals surface area contributed by atoms with Gasteiger partial charge in [-0.15, -0.1) is 0 Å². The van der Waals surface area contributed by atoms with Crippen molar-refractivity contribution in [3.05, 3.63) is 0 Å². The first kappa shape index (κ1) is 11.9. The van der Waals surface area contributed by atoms with Crippen LogP contribution in [0.5, 0.6) is 0 Å². The van der Waals surface area contributed by atoms with Gasteiger partial charge in [0, 0.05) is 25.7 Å². The number of likely N-dealkylation sites (N-methyl/N-ethyl adjacent to an activating group) is 1. The molecule has 0 aliphatic carbocycles. The van der Waals surface area contributed by atoms with E-state index in [1.165, 1.54) is 0 Å². The van der Waals surface area contributed by atoms with Crippen LogP contribution in [-0.2, 0) is 0 Å². The van der Waals surface area contributed by atoms with E-state index in [1.54, 1.807) is 0 Å². The van der Waals surface area contributed by atoms with Gasteiger partial charge in [-0.3, -0.25) is 0 Å². The fourth-order valence-electron chi connectivity index (χ4n) is 1.72. The molecule has 2 unspecified atom stereocenters. The Kier molecular flexibility index (Phi) is 5.40. The van der Waals surface area contributed by atoms with Crippen molar-refractivity contribution in [2.75, 3.05) is 40.3 Å². The summed E-state index contributed by atoms with van der Waals surface area (Å²) in [6, 6.07) is 0.511. The Morgan fingerprint density at radius 3 is 2.79 bits per heavy atom. The van der Waals surface area contributed by atoms with Crippen molar-refractivity contribution in [1.82, 2.24) is 15.5 Å². The number of aliphatic hydroxyl groups is 1. The maximum atomic E-state index is 9.29. The van der Waals surface area contributed by atoms with E-state index in [9.17, 15) is 5.11 Å². The first-order valence-corrected chi connectivity index (χ1v) is 5.45. The minimum Gasteiger partial charge on any atom is -0.392 e. The lowest BCUT2D eigenvalue weighted by atomic mass is 10.1. The normalized spacial score (nSPS) is 27.4. The van der Waals surface area contributed by atoms with Crippen LogP contribution in [-0.4, -0.2) is 62.4 Å². The second-order valence-electron chi connectivity index (χ2n) is 4.34. The van der Waals surface area contributed by atoms with Crippen molar-refractivity contribution >= 4 is 0 Å². The summed E-state index contributed by atoms with van der Waals surface area (Å²) in [6.07, 6.45) is 1.90. The average molecular weight is 201 g/mol. The first-order chi connectivity index (χ1) is 6.68. The Balaban J connectivity index is 1.89. The summed E-state index contributed by atoms with van der Waals surface area (Å²) in [6.45, 7) is 3.93. The maximum absolute atomic E-state index is 9.29. The molecular formula is C10H23N3O. The molecule has 1 heterocycles. The third-order valence-corrected chi connectivity index (χ3v) is 2.60. The lowest BCUT2D eigenvalue weighted by molar-refractivity contribution is 0.192. The Labute approximate surface area is 86.7 Å². The van der Waals surface area contributed by atoms with E-state index in [0.29, 0.717) is 6.04 Å². The van der Waals surface area contributed by atoms with Crippen molar-refractivity contribution in [3.63, 3.8) is 0 Å². The van der Waals surface area contributed by atoms with Gasteiger partial charge in [-0.25, -0.2) is 0 Å². The van der Waals surface area contributed by atoms with Crippen LogP contribution < -0.4 is 10.6 Å². The molecule has 0 bridgehead atoms. The van der Waals surface area contributed by atoms with E-state index >= 15 is 0 Å². The highest BCUT2D eigenvalue weighted by molar-refractivity contribution is 4.81. The van der Waals surface area contributed by atoms with Gasteiger partial charge in [0.25, 0.3) is 0 Å². The van der Waals surface area contributed by atoms with Gasteiger partial charge >= 0.3 is 0 Å². The topological polar surface area (TPSA) is 47.5 Å². The van der Waals surface area contributed by atoms with Crippen LogP contribution in [0.15, 0.2) is 0 Å². The minimum absolute atomic E-state index is 0.123. The molecule has 2 atom stereocenters. The molecule has 3 N–H and O–H groups in total. The molecule has 84 valence electrons. The van der Waals surface area contributed by atoms with Gasteiger partial charge in [0.05, 0.1) is 6.10 Å². The van der Waals surface area contributed by atoms with Crippen LogP contribution in [0.3, 0.4) is 0 Å². The quantitative estimate of drug-likeness (QED) is 0.495. The van der Waals surface area contributed by atoms with Gasteiger partial charge in [-0.05, 0) is 33.5 Å². The summed E-state index contributed by atoms with van der Waals surface area (Å²) in [5.74, 6) is 0. The van der Waals surface area contributed by atoms with Crippen molar-refractivity contribution in [2.45, 2.75) is 25.0 Å². The zero-order valence-electron chi connectivity index (χ0n) is 9.29. The van der Waals surface area contributed by atoms with Crippen molar-refractivity contribution in [3.8, 4) is 0 Å². The lowest BCUT2D eigenvalue weighted by Crippen LogP contribution is -2.31. The SMILES string of the molecule is CN(C)CCNCCC1CC(O)CN1. The van der Waals surface area contributed by atoms with Crippen molar-refractivity contribution in [2.24, 2.45) is 0 Å². The Morgan fingerprint density at radius 2 is 2.21 bits per heavy atom. The van der Waals surface area contributed by atoms with Gasteiger partial charge in [0.1, 0.15) is 0 Å². The highest BCUT2D eigenvalue weighted by Gasteiger charge is 2.20. The predicted molar refractivity (Wildman–Crippen MR) is 58.5 cm³/mol. The lowest BCUT2D eigenvalue weighted by Gasteiger charge is -2.12. The van der Waals surface area contributed by atoms with E-state index in [1.807, 2.05) is 0 Å². The molecule has 4 nitrogen and oxygen atoms in total. The summed E-state index contributed by atoms with van der Waals surface area (Å²) in [4.78, 5) is 2.17. The standard InChI is InChI=1S/C10H23N3O/c1-13(2)6-5-11-4-3-9-7-10(14)8-12-9/h9-12,14H,3-8H2,1-2H3. The summed E-state index contributed by atoms with van der Waals surface area (Å²) in [5, 5.41) is 16.0. The highest BCUT2D eigenvalue weighted by atomic mass is 16.3. The summed E-state index contributed by atoms with van der Waals surface area (Å²) in [7, 11) is 4.16. The fourth-order valence-corrected chi connectivity index (χ4v) is 1.72. The highest BCUT2D eigenvalue weighted by Crippen LogP contribution is 2.08. The van der Waals surface area contributed by atoms with Crippen molar-refractivity contribution in [1.29, 1.82) is 0 Å². The zero-order chi connectivity index (χ0) is 10.4. The molecule has 0 aromatic heterocycles. The number of hydrogen-bond donors (Lipinski definition) is 3. The number of hydrogen-bond acceptors (Lipinski definition) is 4. The molecule has 0 saturated carbocycles. The second-order valence-corrected chi connectivity index (χ2v) is 4.34. The molecule has 1 aliphatic rings. The largest absolute Gasteiger partial charge is 0.392 e. The van der Waals surface area contributed by atoms with Crippen LogP contribution in [0, 0.1) is 0 Å². The summed E-state index contributed by atoms with van der Waals surface area (Å²) in [5.41, 5.74) is 0. The van der Waals surface area contributed by atoms with Crippen LogP contribution in [0.1, 0.15) is 12.8 Å². The summed E-state index contributed by atoms with van der Waals surface area (Å²) < 4.78 is 0. The molecule has 1 aliphatic heterocycles. The van der Waals surface area contributed by atoms with Crippen LogP contribution in [0.25, 0.3) is 0 Å². The molecule has 0 amide bonds. The van der Waals surface area contributed by atoms with E-state index in [0.717, 1.165) is 39.0 Å². The number of rotatable bonds is 6. The maximum Gasteiger partial charge on any atom is 0.0679 e. The number of β-amino-alcohol motifs (C(OH)–C–C–N with tert-alkyl or cyclic N) is 1. The van der Waals surface area contributed by atoms with Gasteiger partial charge in [0.2, 0.25) is 0 Å². The molecule has 4 heteroatoms. The molecule has 1 rings (SSSR count). The Hall–Kier alpha value is -0.160. The molecule has 0 aromatic carbocycles. The van der Waals surface area contributed by atoms with Gasteiger partial charge in [-0.1, -0.05) is 0 Å². The smallest absolute Gasteiger partial charge is 0.0679 e. The molecule has 1 saturated heterocycles. The van der Waals surface area contributed by atoms with Crippen LogP contribution in [0.2, 0.25) is 0 Å². The average Bonchev–Trinajstić information content (AvgIpc) is 2.50. The van der Waals surface area contributed by atoms with Crippen LogP contribution in [0.4, 0.5) is 0 Å². The molecule has 14 heavy (non-hydrogen) atoms. The van der Waals surface area contributed by atoms with Gasteiger partial charge in [-0.2, -0.15) is 0 Å². The third-order valence-electron chi connectivity index (χ3n) is 2.60. The minimum atomic E-state index is -0.123. The van der Waals surface area contributed by atoms with E-state index in [-0.39, 0.29) is 6.10 Å². The zero-order valence-corrected chi connectivity index (χ0v) is 9.29. The molecule has 0 aromatic rings. The monoisotopic (exact) mass is 201 g/mol. The van der Waals surface area contributed by atoms with Gasteiger partial charge < -0.3 is 20.6 Å². The predicted octanol–water partition coefficient (Wildman–Crippen LogP) is -0.749.